The van der Waals surface area contributed by atoms with Crippen LogP contribution in [0.1, 0.15) is 10.4 Å². The first-order chi connectivity index (χ1) is 8.74. The van der Waals surface area contributed by atoms with E-state index in [4.69, 9.17) is 14.6 Å². The molecule has 0 aliphatic carbocycles. The zero-order valence-corrected chi connectivity index (χ0v) is 10.6. The number of hydrogen-bond acceptors (Lipinski definition) is 5. The van der Waals surface area contributed by atoms with Crippen molar-refractivity contribution in [2.24, 2.45) is 0 Å². The molecule has 0 aromatic carbocycles. The van der Waals surface area contributed by atoms with Crippen molar-refractivity contribution in [2.75, 3.05) is 40.5 Å². The molecule has 18 heavy (non-hydrogen) atoms. The third-order valence-electron chi connectivity index (χ3n) is 2.42. The van der Waals surface area contributed by atoms with E-state index in [2.05, 4.69) is 4.98 Å². The predicted molar refractivity (Wildman–Crippen MR) is 65.7 cm³/mol. The van der Waals surface area contributed by atoms with Gasteiger partial charge in [-0.15, -0.1) is 0 Å². The third-order valence-corrected chi connectivity index (χ3v) is 2.42. The first-order valence-electron chi connectivity index (χ1n) is 5.62. The summed E-state index contributed by atoms with van der Waals surface area (Å²) in [6.07, 6.45) is 1.56. The van der Waals surface area contributed by atoms with E-state index in [0.717, 1.165) is 0 Å². The van der Waals surface area contributed by atoms with Gasteiger partial charge in [0.15, 0.2) is 0 Å². The Balaban J connectivity index is 2.86. The largest absolute Gasteiger partial charge is 0.480 e. The Kier molecular flexibility index (Phi) is 6.10. The Morgan fingerprint density at radius 2 is 2.22 bits per heavy atom. The Morgan fingerprint density at radius 1 is 1.44 bits per heavy atom. The fourth-order valence-electron chi connectivity index (χ4n) is 1.52. The van der Waals surface area contributed by atoms with Crippen LogP contribution in [0.5, 0.6) is 5.88 Å². The maximum atomic E-state index is 12.3. The number of carbonyl (C=O) groups excluding carboxylic acids is 1. The van der Waals surface area contributed by atoms with Crippen molar-refractivity contribution in [1.29, 1.82) is 0 Å². The van der Waals surface area contributed by atoms with Crippen LogP contribution in [0.3, 0.4) is 0 Å². The minimum atomic E-state index is -0.231. The van der Waals surface area contributed by atoms with Gasteiger partial charge in [-0.1, -0.05) is 0 Å². The molecule has 0 aliphatic rings. The Hall–Kier alpha value is -1.66. The van der Waals surface area contributed by atoms with Crippen LogP contribution in [-0.4, -0.2) is 61.4 Å². The van der Waals surface area contributed by atoms with Crippen LogP contribution in [0.2, 0.25) is 0 Å². The number of carbonyl (C=O) groups is 1. The molecule has 0 spiro atoms. The lowest BCUT2D eigenvalue weighted by Gasteiger charge is -2.21. The summed E-state index contributed by atoms with van der Waals surface area (Å²) in [7, 11) is 3.02. The van der Waals surface area contributed by atoms with Crippen molar-refractivity contribution in [1.82, 2.24) is 9.88 Å². The molecule has 0 bridgehead atoms. The summed E-state index contributed by atoms with van der Waals surface area (Å²) in [5, 5.41) is 8.98. The minimum Gasteiger partial charge on any atom is -0.480 e. The van der Waals surface area contributed by atoms with Crippen molar-refractivity contribution in [3.8, 4) is 5.88 Å². The van der Waals surface area contributed by atoms with Crippen molar-refractivity contribution in [3.63, 3.8) is 0 Å². The molecule has 0 unspecified atom stereocenters. The topological polar surface area (TPSA) is 71.9 Å². The molecule has 0 atom stereocenters. The fourth-order valence-corrected chi connectivity index (χ4v) is 1.52. The maximum absolute atomic E-state index is 12.3. The van der Waals surface area contributed by atoms with Crippen LogP contribution in [0.4, 0.5) is 0 Å². The van der Waals surface area contributed by atoms with E-state index >= 15 is 0 Å². The first-order valence-corrected chi connectivity index (χ1v) is 5.62. The van der Waals surface area contributed by atoms with E-state index in [1.165, 1.54) is 12.0 Å². The number of aliphatic hydroxyl groups excluding tert-OH is 1. The molecule has 1 rings (SSSR count). The highest BCUT2D eigenvalue weighted by Crippen LogP contribution is 2.15. The van der Waals surface area contributed by atoms with Crippen LogP contribution in [0.25, 0.3) is 0 Å². The van der Waals surface area contributed by atoms with Gasteiger partial charge in [0, 0.05) is 26.4 Å². The Labute approximate surface area is 106 Å². The molecule has 1 aromatic heterocycles. The second-order valence-electron chi connectivity index (χ2n) is 3.57. The Bertz CT molecular complexity index is 384. The molecule has 0 aliphatic heterocycles. The smallest absolute Gasteiger partial charge is 0.259 e. The number of aromatic nitrogens is 1. The number of nitrogens with zero attached hydrogens (tertiary/aromatic N) is 2. The Morgan fingerprint density at radius 3 is 2.83 bits per heavy atom. The highest BCUT2D eigenvalue weighted by atomic mass is 16.5. The van der Waals surface area contributed by atoms with Crippen molar-refractivity contribution < 1.29 is 19.4 Å². The molecule has 1 amide bonds. The van der Waals surface area contributed by atoms with Crippen molar-refractivity contribution in [3.05, 3.63) is 23.9 Å². The van der Waals surface area contributed by atoms with Gasteiger partial charge in [-0.05, 0) is 12.1 Å². The van der Waals surface area contributed by atoms with Gasteiger partial charge >= 0.3 is 0 Å². The molecule has 6 nitrogen and oxygen atoms in total. The molecule has 1 N–H and O–H groups in total. The summed E-state index contributed by atoms with van der Waals surface area (Å²) in [5.74, 6) is 0.0499. The number of pyridine rings is 1. The summed E-state index contributed by atoms with van der Waals surface area (Å²) >= 11 is 0. The normalized spacial score (nSPS) is 10.2. The summed E-state index contributed by atoms with van der Waals surface area (Å²) in [5.41, 5.74) is 0.379. The first kappa shape index (κ1) is 14.4. The van der Waals surface area contributed by atoms with Crippen LogP contribution in [-0.2, 0) is 4.74 Å². The predicted octanol–water partition coefficient (Wildman–Crippen LogP) is 0.171. The lowest BCUT2D eigenvalue weighted by Crippen LogP contribution is -2.36. The van der Waals surface area contributed by atoms with E-state index in [1.54, 1.807) is 25.4 Å². The number of hydrogen-bond donors (Lipinski definition) is 1. The monoisotopic (exact) mass is 254 g/mol. The molecule has 6 heteroatoms. The van der Waals surface area contributed by atoms with Gasteiger partial charge in [-0.25, -0.2) is 4.98 Å². The van der Waals surface area contributed by atoms with Gasteiger partial charge in [0.2, 0.25) is 5.88 Å². The number of methoxy groups -OCH3 is 2. The van der Waals surface area contributed by atoms with Gasteiger partial charge in [0.05, 0.1) is 20.3 Å². The second-order valence-corrected chi connectivity index (χ2v) is 3.57. The number of rotatable bonds is 7. The van der Waals surface area contributed by atoms with Gasteiger partial charge in [0.25, 0.3) is 5.91 Å². The average Bonchev–Trinajstić information content (AvgIpc) is 2.42. The summed E-state index contributed by atoms with van der Waals surface area (Å²) < 4.78 is 9.99. The second kappa shape index (κ2) is 7.62. The van der Waals surface area contributed by atoms with Gasteiger partial charge in [-0.2, -0.15) is 0 Å². The van der Waals surface area contributed by atoms with Crippen molar-refractivity contribution >= 4 is 5.91 Å². The van der Waals surface area contributed by atoms with E-state index in [9.17, 15) is 4.79 Å². The molecule has 0 fully saturated rings. The molecular formula is C12H18N2O4. The lowest BCUT2D eigenvalue weighted by atomic mass is 10.2. The van der Waals surface area contributed by atoms with E-state index in [0.29, 0.717) is 18.7 Å². The summed E-state index contributed by atoms with van der Waals surface area (Å²) in [6, 6.07) is 3.31. The zero-order chi connectivity index (χ0) is 13.4. The standard InChI is InChI=1S/C12H18N2O4/c1-17-9-7-14(6-8-15)12(16)10-4-3-5-13-11(10)18-2/h3-5,15H,6-9H2,1-2H3. The zero-order valence-electron chi connectivity index (χ0n) is 10.6. The molecular weight excluding hydrogens is 236 g/mol. The third kappa shape index (κ3) is 3.68. The summed E-state index contributed by atoms with van der Waals surface area (Å²) in [4.78, 5) is 17.7. The lowest BCUT2D eigenvalue weighted by molar-refractivity contribution is 0.0652. The average molecular weight is 254 g/mol. The molecule has 100 valence electrons. The molecule has 0 saturated carbocycles. The highest BCUT2D eigenvalue weighted by molar-refractivity contribution is 5.96. The SMILES string of the molecule is COCCN(CCO)C(=O)c1cccnc1OC. The quantitative estimate of drug-likeness (QED) is 0.751. The maximum Gasteiger partial charge on any atom is 0.259 e. The van der Waals surface area contributed by atoms with Gasteiger partial charge < -0.3 is 19.5 Å². The van der Waals surface area contributed by atoms with Gasteiger partial charge in [0.1, 0.15) is 5.56 Å². The van der Waals surface area contributed by atoms with E-state index < -0.39 is 0 Å². The van der Waals surface area contributed by atoms with E-state index in [1.807, 2.05) is 0 Å². The summed E-state index contributed by atoms with van der Waals surface area (Å²) in [6.45, 7) is 0.973. The minimum absolute atomic E-state index is 0.0992. The fraction of sp³-hybridized carbons (Fsp3) is 0.500. The number of amides is 1. The molecule has 0 saturated heterocycles. The number of ether oxygens (including phenoxy) is 2. The van der Waals surface area contributed by atoms with Crippen molar-refractivity contribution in [2.45, 2.75) is 0 Å². The number of aliphatic hydroxyl groups is 1. The van der Waals surface area contributed by atoms with Crippen LogP contribution < -0.4 is 4.74 Å². The molecule has 0 radical (unpaired) electrons. The molecule has 1 heterocycles. The van der Waals surface area contributed by atoms with Crippen LogP contribution >= 0.6 is 0 Å². The van der Waals surface area contributed by atoms with E-state index in [-0.39, 0.29) is 24.9 Å². The van der Waals surface area contributed by atoms with Crippen LogP contribution in [0.15, 0.2) is 18.3 Å². The highest BCUT2D eigenvalue weighted by Gasteiger charge is 2.19. The van der Waals surface area contributed by atoms with Crippen LogP contribution in [0, 0.1) is 0 Å². The molecule has 1 aromatic rings. The van der Waals surface area contributed by atoms with Gasteiger partial charge in [-0.3, -0.25) is 4.79 Å².